The Morgan fingerprint density at radius 3 is 2.13 bits per heavy atom. The van der Waals surface area contributed by atoms with Gasteiger partial charge < -0.3 is 9.84 Å². The van der Waals surface area contributed by atoms with Crippen LogP contribution in [0.4, 0.5) is 0 Å². The highest BCUT2D eigenvalue weighted by Gasteiger charge is 2.02. The first-order chi connectivity index (χ1) is 11.1. The minimum atomic E-state index is -0.923. The molecule has 0 saturated heterocycles. The van der Waals surface area contributed by atoms with Gasteiger partial charge in [-0.15, -0.1) is 0 Å². The van der Waals surface area contributed by atoms with Gasteiger partial charge in [0.2, 0.25) is 0 Å². The van der Waals surface area contributed by atoms with Crippen LogP contribution in [0.2, 0.25) is 0 Å². The predicted molar refractivity (Wildman–Crippen MR) is 91.1 cm³/mol. The Bertz CT molecular complexity index is 465. The van der Waals surface area contributed by atoms with Gasteiger partial charge in [-0.2, -0.15) is 0 Å². The maximum atomic E-state index is 11.4. The average molecular weight is 320 g/mol. The molecule has 0 atom stereocenters. The van der Waals surface area contributed by atoms with E-state index in [0.29, 0.717) is 18.1 Å². The summed E-state index contributed by atoms with van der Waals surface area (Å²) < 4.78 is 5.59. The molecule has 0 amide bonds. The standard InChI is InChI=1S/C19H28O4/c1-2-9-17(20)10-7-5-3-4-6-8-15-23-18-13-11-16(12-14-18)19(21)22/h11-14H,2-10,15H2,1H3,(H,21,22). The van der Waals surface area contributed by atoms with E-state index < -0.39 is 5.97 Å². The van der Waals surface area contributed by atoms with Gasteiger partial charge in [0.15, 0.2) is 0 Å². The maximum Gasteiger partial charge on any atom is 0.335 e. The van der Waals surface area contributed by atoms with E-state index in [0.717, 1.165) is 44.9 Å². The van der Waals surface area contributed by atoms with Crippen molar-refractivity contribution < 1.29 is 19.4 Å². The van der Waals surface area contributed by atoms with Crippen molar-refractivity contribution in [1.82, 2.24) is 0 Å². The van der Waals surface area contributed by atoms with Gasteiger partial charge in [-0.3, -0.25) is 4.79 Å². The van der Waals surface area contributed by atoms with Crippen molar-refractivity contribution in [2.75, 3.05) is 6.61 Å². The summed E-state index contributed by atoms with van der Waals surface area (Å²) in [4.78, 5) is 22.1. The fourth-order valence-electron chi connectivity index (χ4n) is 2.42. The molecule has 0 fully saturated rings. The number of ether oxygens (including phenoxy) is 1. The van der Waals surface area contributed by atoms with E-state index in [2.05, 4.69) is 0 Å². The summed E-state index contributed by atoms with van der Waals surface area (Å²) in [6.07, 6.45) is 9.03. The molecule has 1 rings (SSSR count). The van der Waals surface area contributed by atoms with Crippen LogP contribution in [0, 0.1) is 0 Å². The number of hydrogen-bond donors (Lipinski definition) is 1. The van der Waals surface area contributed by atoms with Crippen molar-refractivity contribution >= 4 is 11.8 Å². The minimum Gasteiger partial charge on any atom is -0.494 e. The highest BCUT2D eigenvalue weighted by Crippen LogP contribution is 2.13. The topological polar surface area (TPSA) is 63.6 Å². The molecule has 0 heterocycles. The summed E-state index contributed by atoms with van der Waals surface area (Å²) in [7, 11) is 0. The van der Waals surface area contributed by atoms with Crippen molar-refractivity contribution in [3.63, 3.8) is 0 Å². The summed E-state index contributed by atoms with van der Waals surface area (Å²) in [6, 6.07) is 6.49. The molecule has 0 aliphatic carbocycles. The van der Waals surface area contributed by atoms with Gasteiger partial charge in [-0.25, -0.2) is 4.79 Å². The van der Waals surface area contributed by atoms with Crippen LogP contribution in [0.25, 0.3) is 0 Å². The molecule has 4 heteroatoms. The third kappa shape index (κ3) is 9.01. The number of hydrogen-bond acceptors (Lipinski definition) is 3. The van der Waals surface area contributed by atoms with E-state index in [1.807, 2.05) is 6.92 Å². The lowest BCUT2D eigenvalue weighted by Gasteiger charge is -2.06. The van der Waals surface area contributed by atoms with Crippen molar-refractivity contribution in [3.8, 4) is 5.75 Å². The molecule has 0 aromatic heterocycles. The zero-order valence-corrected chi connectivity index (χ0v) is 14.1. The summed E-state index contributed by atoms with van der Waals surface area (Å²) in [6.45, 7) is 2.70. The maximum absolute atomic E-state index is 11.4. The monoisotopic (exact) mass is 320 g/mol. The number of Topliss-reactive ketones (excluding diaryl/α,β-unsaturated/α-hetero) is 1. The number of carbonyl (C=O) groups excluding carboxylic acids is 1. The Balaban J connectivity index is 1.97. The highest BCUT2D eigenvalue weighted by atomic mass is 16.5. The Morgan fingerprint density at radius 1 is 0.913 bits per heavy atom. The van der Waals surface area contributed by atoms with E-state index in [-0.39, 0.29) is 5.56 Å². The van der Waals surface area contributed by atoms with Gasteiger partial charge in [0.25, 0.3) is 0 Å². The molecule has 0 spiro atoms. The molecule has 0 aliphatic heterocycles. The van der Waals surface area contributed by atoms with E-state index in [9.17, 15) is 9.59 Å². The average Bonchev–Trinajstić information content (AvgIpc) is 2.54. The van der Waals surface area contributed by atoms with Crippen molar-refractivity contribution in [3.05, 3.63) is 29.8 Å². The lowest BCUT2D eigenvalue weighted by molar-refractivity contribution is -0.119. The molecule has 1 N–H and O–H groups in total. The highest BCUT2D eigenvalue weighted by molar-refractivity contribution is 5.87. The van der Waals surface area contributed by atoms with E-state index in [4.69, 9.17) is 9.84 Å². The fraction of sp³-hybridized carbons (Fsp3) is 0.579. The smallest absolute Gasteiger partial charge is 0.335 e. The van der Waals surface area contributed by atoms with Crippen molar-refractivity contribution in [1.29, 1.82) is 0 Å². The van der Waals surface area contributed by atoms with Crippen LogP contribution >= 0.6 is 0 Å². The second kappa shape index (κ2) is 11.7. The van der Waals surface area contributed by atoms with Crippen LogP contribution in [0.5, 0.6) is 5.75 Å². The van der Waals surface area contributed by atoms with E-state index >= 15 is 0 Å². The molecule has 0 saturated carbocycles. The van der Waals surface area contributed by atoms with E-state index in [1.54, 1.807) is 24.3 Å². The number of rotatable bonds is 13. The Morgan fingerprint density at radius 2 is 1.52 bits per heavy atom. The lowest BCUT2D eigenvalue weighted by Crippen LogP contribution is -1.99. The number of carboxylic acids is 1. The zero-order chi connectivity index (χ0) is 16.9. The second-order valence-electron chi connectivity index (χ2n) is 5.84. The minimum absolute atomic E-state index is 0.273. The van der Waals surface area contributed by atoms with Crippen molar-refractivity contribution in [2.24, 2.45) is 0 Å². The largest absolute Gasteiger partial charge is 0.494 e. The molecule has 128 valence electrons. The van der Waals surface area contributed by atoms with Crippen LogP contribution in [0.3, 0.4) is 0 Å². The van der Waals surface area contributed by atoms with Crippen molar-refractivity contribution in [2.45, 2.75) is 64.7 Å². The number of unbranched alkanes of at least 4 members (excludes halogenated alkanes) is 5. The summed E-state index contributed by atoms with van der Waals surface area (Å²) in [5, 5.41) is 8.81. The van der Waals surface area contributed by atoms with E-state index in [1.165, 1.54) is 12.8 Å². The third-order valence-corrected chi connectivity index (χ3v) is 3.75. The second-order valence-corrected chi connectivity index (χ2v) is 5.84. The molecule has 0 bridgehead atoms. The van der Waals surface area contributed by atoms with Gasteiger partial charge in [-0.1, -0.05) is 32.6 Å². The number of aromatic carboxylic acids is 1. The van der Waals surface area contributed by atoms with Crippen LogP contribution < -0.4 is 4.74 Å². The quantitative estimate of drug-likeness (QED) is 0.527. The number of ketones is 1. The normalized spacial score (nSPS) is 10.5. The SMILES string of the molecule is CCCC(=O)CCCCCCCCOc1ccc(C(=O)O)cc1. The van der Waals surface area contributed by atoms with Gasteiger partial charge in [0.1, 0.15) is 11.5 Å². The van der Waals surface area contributed by atoms with Gasteiger partial charge in [0, 0.05) is 12.8 Å². The summed E-state index contributed by atoms with van der Waals surface area (Å²) in [5.74, 6) is 0.187. The van der Waals surface area contributed by atoms with Gasteiger partial charge >= 0.3 is 5.97 Å². The van der Waals surface area contributed by atoms with Crippen LogP contribution in [0.15, 0.2) is 24.3 Å². The molecule has 23 heavy (non-hydrogen) atoms. The van der Waals surface area contributed by atoms with Gasteiger partial charge in [0.05, 0.1) is 12.2 Å². The first-order valence-electron chi connectivity index (χ1n) is 8.61. The molecule has 0 radical (unpaired) electrons. The van der Waals surface area contributed by atoms with Crippen LogP contribution in [-0.4, -0.2) is 23.5 Å². The molecule has 1 aromatic carbocycles. The Labute approximate surface area is 138 Å². The summed E-state index contributed by atoms with van der Waals surface area (Å²) in [5.41, 5.74) is 0.273. The molecule has 1 aromatic rings. The molecule has 0 aliphatic rings. The van der Waals surface area contributed by atoms with Gasteiger partial charge in [-0.05, 0) is 43.5 Å². The Hall–Kier alpha value is -1.84. The molecular formula is C19H28O4. The first-order valence-corrected chi connectivity index (χ1v) is 8.61. The molecule has 4 nitrogen and oxygen atoms in total. The summed E-state index contributed by atoms with van der Waals surface area (Å²) >= 11 is 0. The predicted octanol–water partition coefficient (Wildman–Crippen LogP) is 4.86. The first kappa shape index (κ1) is 19.2. The van der Waals surface area contributed by atoms with Crippen LogP contribution in [-0.2, 0) is 4.79 Å². The fourth-order valence-corrected chi connectivity index (χ4v) is 2.42. The number of benzene rings is 1. The lowest BCUT2D eigenvalue weighted by atomic mass is 10.1. The number of carboxylic acid groups (broad SMARTS) is 1. The number of carbonyl (C=O) groups is 2. The van der Waals surface area contributed by atoms with Crippen LogP contribution in [0.1, 0.15) is 75.1 Å². The zero-order valence-electron chi connectivity index (χ0n) is 14.1. The third-order valence-electron chi connectivity index (χ3n) is 3.75. The molecule has 0 unspecified atom stereocenters. The molecular weight excluding hydrogens is 292 g/mol. The Kier molecular flexibility index (Phi) is 9.76.